The molecule has 3 unspecified atom stereocenters. The van der Waals surface area contributed by atoms with Crippen molar-refractivity contribution < 1.29 is 42.7 Å². The maximum atomic E-state index is 12.6. The fourth-order valence-electron chi connectivity index (χ4n) is 6.28. The van der Waals surface area contributed by atoms with Gasteiger partial charge in [-0.3, -0.25) is 18.6 Å². The van der Waals surface area contributed by atoms with Crippen LogP contribution < -0.4 is 5.73 Å². The smallest absolute Gasteiger partial charge is 0.472 e. The third-order valence-corrected chi connectivity index (χ3v) is 10.8. The van der Waals surface area contributed by atoms with Crippen LogP contribution in [0.1, 0.15) is 206 Å². The first kappa shape index (κ1) is 55.2. The summed E-state index contributed by atoms with van der Waals surface area (Å²) < 4.78 is 33.4. The lowest BCUT2D eigenvalue weighted by molar-refractivity contribution is -0.154. The van der Waals surface area contributed by atoms with Crippen molar-refractivity contribution in [3.05, 3.63) is 36.5 Å². The second kappa shape index (κ2) is 42.3. The number of ether oxygens (including phenoxy) is 2. The zero-order valence-corrected chi connectivity index (χ0v) is 37.3. The standard InChI is InChI=1S/C46H86NO9P/c1-3-5-7-9-11-13-15-17-18-19-20-21-22-23-24-25-27-29-31-33-35-37-39-53-40-43(41-54-57(51,52)55-42-44(47)46(49)50)56-45(48)38-36-34-32-30-28-26-16-14-12-10-8-6-4-2/h8,10,14,16,19-20,43-44H,3-7,9,11-13,15,17-18,21-42,47H2,1-2H3,(H,49,50)(H,51,52)/b10-8-,16-14-,20-19-. The van der Waals surface area contributed by atoms with Gasteiger partial charge < -0.3 is 25.2 Å². The number of aliphatic carboxylic acids is 1. The molecule has 0 saturated heterocycles. The zero-order chi connectivity index (χ0) is 41.9. The molecule has 0 aromatic heterocycles. The minimum atomic E-state index is -4.62. The molecule has 334 valence electrons. The molecule has 57 heavy (non-hydrogen) atoms. The Morgan fingerprint density at radius 1 is 0.561 bits per heavy atom. The monoisotopic (exact) mass is 828 g/mol. The number of carboxylic acids is 1. The van der Waals surface area contributed by atoms with Crippen LogP contribution in [0, 0.1) is 0 Å². The molecule has 0 radical (unpaired) electrons. The lowest BCUT2D eigenvalue weighted by atomic mass is 10.1. The van der Waals surface area contributed by atoms with Crippen molar-refractivity contribution in [2.45, 2.75) is 219 Å². The van der Waals surface area contributed by atoms with Gasteiger partial charge in [-0.2, -0.15) is 0 Å². The molecule has 0 aliphatic rings. The number of phosphoric ester groups is 1. The van der Waals surface area contributed by atoms with E-state index < -0.39 is 45.1 Å². The number of hydrogen-bond donors (Lipinski definition) is 3. The number of nitrogens with two attached hydrogens (primary N) is 1. The van der Waals surface area contributed by atoms with Crippen LogP contribution in [0.4, 0.5) is 0 Å². The largest absolute Gasteiger partial charge is 0.480 e. The molecule has 11 heteroatoms. The third kappa shape index (κ3) is 42.1. The summed E-state index contributed by atoms with van der Waals surface area (Å²) in [6.45, 7) is 3.81. The highest BCUT2D eigenvalue weighted by Gasteiger charge is 2.27. The molecular formula is C46H86NO9P. The molecule has 0 aromatic rings. The van der Waals surface area contributed by atoms with Gasteiger partial charge in [0.25, 0.3) is 0 Å². The average molecular weight is 828 g/mol. The van der Waals surface area contributed by atoms with E-state index in [1.165, 1.54) is 116 Å². The highest BCUT2D eigenvalue weighted by atomic mass is 31.2. The van der Waals surface area contributed by atoms with Crippen LogP contribution in [0.5, 0.6) is 0 Å². The Labute approximate surface area is 348 Å². The van der Waals surface area contributed by atoms with Gasteiger partial charge in [0.1, 0.15) is 12.1 Å². The summed E-state index contributed by atoms with van der Waals surface area (Å²) in [5.41, 5.74) is 5.36. The zero-order valence-electron chi connectivity index (χ0n) is 36.4. The minimum absolute atomic E-state index is 0.0112. The second-order valence-electron chi connectivity index (χ2n) is 15.5. The van der Waals surface area contributed by atoms with Crippen LogP contribution >= 0.6 is 7.82 Å². The van der Waals surface area contributed by atoms with Crippen molar-refractivity contribution in [1.82, 2.24) is 0 Å². The number of esters is 1. The van der Waals surface area contributed by atoms with Crippen molar-refractivity contribution in [2.75, 3.05) is 26.4 Å². The normalized spacial score (nSPS) is 14.2. The van der Waals surface area contributed by atoms with Crippen molar-refractivity contribution in [1.29, 1.82) is 0 Å². The topological polar surface area (TPSA) is 155 Å². The van der Waals surface area contributed by atoms with Gasteiger partial charge >= 0.3 is 19.8 Å². The highest BCUT2D eigenvalue weighted by Crippen LogP contribution is 2.43. The first-order valence-electron chi connectivity index (χ1n) is 23.0. The first-order chi connectivity index (χ1) is 27.7. The number of unbranched alkanes of at least 4 members (excludes halogenated alkanes) is 24. The van der Waals surface area contributed by atoms with Crippen LogP contribution in [0.2, 0.25) is 0 Å². The predicted molar refractivity (Wildman–Crippen MR) is 235 cm³/mol. The van der Waals surface area contributed by atoms with E-state index in [2.05, 4.69) is 50.3 Å². The van der Waals surface area contributed by atoms with Crippen molar-refractivity contribution >= 4 is 19.8 Å². The van der Waals surface area contributed by atoms with E-state index in [0.717, 1.165) is 64.2 Å². The number of rotatable bonds is 44. The molecule has 0 aromatic carbocycles. The Morgan fingerprint density at radius 2 is 1.00 bits per heavy atom. The van der Waals surface area contributed by atoms with Gasteiger partial charge in [0, 0.05) is 13.0 Å². The Kier molecular flexibility index (Phi) is 41.0. The lowest BCUT2D eigenvalue weighted by Crippen LogP contribution is -2.34. The molecule has 10 nitrogen and oxygen atoms in total. The quantitative estimate of drug-likeness (QED) is 0.0234. The van der Waals surface area contributed by atoms with Crippen LogP contribution in [-0.2, 0) is 32.7 Å². The summed E-state index contributed by atoms with van der Waals surface area (Å²) >= 11 is 0. The van der Waals surface area contributed by atoms with Gasteiger partial charge in [-0.1, -0.05) is 172 Å². The van der Waals surface area contributed by atoms with Crippen molar-refractivity contribution in [3.8, 4) is 0 Å². The minimum Gasteiger partial charge on any atom is -0.480 e. The molecule has 4 N–H and O–H groups in total. The summed E-state index contributed by atoms with van der Waals surface area (Å²) in [7, 11) is -4.62. The third-order valence-electron chi connectivity index (χ3n) is 9.87. The van der Waals surface area contributed by atoms with E-state index in [4.69, 9.17) is 29.4 Å². The maximum Gasteiger partial charge on any atom is 0.472 e. The lowest BCUT2D eigenvalue weighted by Gasteiger charge is -2.20. The summed E-state index contributed by atoms with van der Waals surface area (Å²) in [6.07, 6.45) is 47.7. The summed E-state index contributed by atoms with van der Waals surface area (Å²) in [5, 5.41) is 8.90. The molecule has 0 spiro atoms. The van der Waals surface area contributed by atoms with Crippen molar-refractivity contribution in [2.24, 2.45) is 5.73 Å². The first-order valence-corrected chi connectivity index (χ1v) is 24.5. The summed E-state index contributed by atoms with van der Waals surface area (Å²) in [4.78, 5) is 33.5. The van der Waals surface area contributed by atoms with Gasteiger partial charge in [-0.25, -0.2) is 4.57 Å². The molecule has 0 fully saturated rings. The Morgan fingerprint density at radius 3 is 1.51 bits per heavy atom. The molecule has 0 rings (SSSR count). The SMILES string of the molecule is CCC/C=C\C/C=C\CCCCCCCC(=O)OC(COCCCCCCCCCCCC/C=C\CCCCCCCCCC)COP(=O)(O)OCC(N)C(=O)O. The van der Waals surface area contributed by atoms with E-state index in [-0.39, 0.29) is 13.0 Å². The fourth-order valence-corrected chi connectivity index (χ4v) is 7.06. The Hall–Kier alpha value is -1.81. The molecule has 0 amide bonds. The van der Waals surface area contributed by atoms with Gasteiger partial charge in [0.15, 0.2) is 0 Å². The summed E-state index contributed by atoms with van der Waals surface area (Å²) in [6, 6.07) is -1.48. The van der Waals surface area contributed by atoms with E-state index >= 15 is 0 Å². The molecular weight excluding hydrogens is 741 g/mol. The number of carbonyl (C=O) groups is 2. The number of hydrogen-bond acceptors (Lipinski definition) is 8. The maximum absolute atomic E-state index is 12.6. The molecule has 0 heterocycles. The number of carboxylic acid groups (broad SMARTS) is 1. The second-order valence-corrected chi connectivity index (χ2v) is 17.0. The van der Waals surface area contributed by atoms with E-state index in [1.54, 1.807) is 0 Å². The number of allylic oxidation sites excluding steroid dienone is 6. The van der Waals surface area contributed by atoms with Gasteiger partial charge in [0.2, 0.25) is 0 Å². The van der Waals surface area contributed by atoms with Gasteiger partial charge in [0.05, 0.1) is 19.8 Å². The van der Waals surface area contributed by atoms with E-state index in [0.29, 0.717) is 13.0 Å². The number of carbonyl (C=O) groups excluding carboxylic acids is 1. The van der Waals surface area contributed by atoms with E-state index in [1.807, 2.05) is 0 Å². The van der Waals surface area contributed by atoms with Crippen LogP contribution in [-0.4, -0.2) is 60.5 Å². The molecule has 0 saturated carbocycles. The molecule has 3 atom stereocenters. The van der Waals surface area contributed by atoms with Crippen LogP contribution in [0.3, 0.4) is 0 Å². The summed E-state index contributed by atoms with van der Waals surface area (Å²) in [5.74, 6) is -1.79. The van der Waals surface area contributed by atoms with Gasteiger partial charge in [-0.15, -0.1) is 0 Å². The average Bonchev–Trinajstić information content (AvgIpc) is 3.19. The Bertz CT molecular complexity index is 1050. The van der Waals surface area contributed by atoms with Crippen molar-refractivity contribution in [3.63, 3.8) is 0 Å². The van der Waals surface area contributed by atoms with Crippen LogP contribution in [0.25, 0.3) is 0 Å². The van der Waals surface area contributed by atoms with Crippen LogP contribution in [0.15, 0.2) is 36.5 Å². The fraction of sp³-hybridized carbons (Fsp3) is 0.826. The number of phosphoric acid groups is 1. The highest BCUT2D eigenvalue weighted by molar-refractivity contribution is 7.47. The Balaban J connectivity index is 4.14. The van der Waals surface area contributed by atoms with E-state index in [9.17, 15) is 19.0 Å². The molecule has 0 aliphatic carbocycles. The molecule has 0 aliphatic heterocycles. The predicted octanol–water partition coefficient (Wildman–Crippen LogP) is 12.9. The van der Waals surface area contributed by atoms with Gasteiger partial charge in [-0.05, 0) is 64.2 Å². The molecule has 0 bridgehead atoms.